The van der Waals surface area contributed by atoms with Crippen molar-refractivity contribution in [2.45, 2.75) is 64.3 Å². The molecule has 1 aromatic rings. The van der Waals surface area contributed by atoms with Crippen LogP contribution < -0.4 is 4.74 Å². The molecule has 2 bridgehead atoms. The van der Waals surface area contributed by atoms with Gasteiger partial charge in [0.15, 0.2) is 5.78 Å². The highest BCUT2D eigenvalue weighted by Crippen LogP contribution is 2.50. The lowest BCUT2D eigenvalue weighted by molar-refractivity contribution is 0.0265. The molecule has 1 heterocycles. The van der Waals surface area contributed by atoms with E-state index in [9.17, 15) is 4.79 Å². The van der Waals surface area contributed by atoms with E-state index in [2.05, 4.69) is 31.7 Å². The molecule has 0 aromatic heterocycles. The summed E-state index contributed by atoms with van der Waals surface area (Å²) in [5.74, 6) is 2.46. The number of hydrogen-bond donors (Lipinski definition) is 0. The van der Waals surface area contributed by atoms with Gasteiger partial charge < -0.3 is 4.74 Å². The number of rotatable bonds is 6. The Balaban J connectivity index is 1.65. The van der Waals surface area contributed by atoms with Gasteiger partial charge in [0, 0.05) is 12.1 Å². The second-order valence-electron chi connectivity index (χ2n) is 8.61. The minimum Gasteiger partial charge on any atom is -0.494 e. The van der Waals surface area contributed by atoms with Crippen molar-refractivity contribution in [2.75, 3.05) is 19.7 Å². The lowest BCUT2D eigenvalue weighted by Crippen LogP contribution is -2.61. The number of likely N-dealkylation sites (tertiary alicyclic amines) is 1. The van der Waals surface area contributed by atoms with Crippen molar-refractivity contribution in [3.63, 3.8) is 0 Å². The van der Waals surface area contributed by atoms with Crippen LogP contribution in [0.4, 0.5) is 0 Å². The molecular formula is C22H31NO2. The molecule has 3 aliphatic rings. The van der Waals surface area contributed by atoms with E-state index in [4.69, 9.17) is 4.74 Å². The third-order valence-electron chi connectivity index (χ3n) is 6.89. The van der Waals surface area contributed by atoms with Crippen molar-refractivity contribution >= 4 is 5.78 Å². The van der Waals surface area contributed by atoms with Gasteiger partial charge in [-0.1, -0.05) is 27.2 Å². The zero-order valence-corrected chi connectivity index (χ0v) is 15.9. The monoisotopic (exact) mass is 341 g/mol. The minimum atomic E-state index is 0.0682. The van der Waals surface area contributed by atoms with E-state index in [-0.39, 0.29) is 11.5 Å². The Morgan fingerprint density at radius 3 is 2.84 bits per heavy atom. The molecule has 136 valence electrons. The van der Waals surface area contributed by atoms with Crippen LogP contribution >= 0.6 is 0 Å². The Kier molecular flexibility index (Phi) is 4.39. The highest BCUT2D eigenvalue weighted by Gasteiger charge is 2.52. The number of piperidine rings is 1. The van der Waals surface area contributed by atoms with Gasteiger partial charge in [0.25, 0.3) is 0 Å². The summed E-state index contributed by atoms with van der Waals surface area (Å²) in [7, 11) is 0. The van der Waals surface area contributed by atoms with Gasteiger partial charge in [0.05, 0.1) is 12.6 Å². The van der Waals surface area contributed by atoms with E-state index < -0.39 is 0 Å². The maximum absolute atomic E-state index is 13.3. The van der Waals surface area contributed by atoms with Crippen LogP contribution in [0.3, 0.4) is 0 Å². The number of ether oxygens (including phenoxy) is 1. The highest BCUT2D eigenvalue weighted by molar-refractivity contribution is 6.03. The van der Waals surface area contributed by atoms with Crippen LogP contribution in [0, 0.1) is 11.8 Å². The van der Waals surface area contributed by atoms with Gasteiger partial charge in [-0.15, -0.1) is 0 Å². The molecule has 0 N–H and O–H groups in total. The van der Waals surface area contributed by atoms with E-state index in [0.717, 1.165) is 56.2 Å². The average molecular weight is 341 g/mol. The lowest BCUT2D eigenvalue weighted by atomic mass is 9.58. The Bertz CT molecular complexity index is 666. The Labute approximate surface area is 151 Å². The molecule has 1 saturated heterocycles. The van der Waals surface area contributed by atoms with Gasteiger partial charge in [0.2, 0.25) is 0 Å². The van der Waals surface area contributed by atoms with E-state index in [0.29, 0.717) is 11.7 Å². The summed E-state index contributed by atoms with van der Waals surface area (Å²) >= 11 is 0. The van der Waals surface area contributed by atoms with Crippen molar-refractivity contribution in [1.29, 1.82) is 0 Å². The molecule has 3 atom stereocenters. The maximum Gasteiger partial charge on any atom is 0.180 e. The molecular weight excluding hydrogens is 310 g/mol. The number of hydrogen-bond acceptors (Lipinski definition) is 3. The molecule has 3 nitrogen and oxygen atoms in total. The number of ketones is 1. The second-order valence-corrected chi connectivity index (χ2v) is 8.61. The third-order valence-corrected chi connectivity index (χ3v) is 6.89. The molecule has 25 heavy (non-hydrogen) atoms. The van der Waals surface area contributed by atoms with Crippen LogP contribution in [-0.4, -0.2) is 36.4 Å². The zero-order chi connectivity index (χ0) is 17.6. The molecule has 1 aliphatic heterocycles. The summed E-state index contributed by atoms with van der Waals surface area (Å²) < 4.78 is 5.93. The molecule has 2 aliphatic carbocycles. The fourth-order valence-corrected chi connectivity index (χ4v) is 4.81. The number of carbonyl (C=O) groups excluding carboxylic acids is 1. The summed E-state index contributed by atoms with van der Waals surface area (Å²) in [5.41, 5.74) is 2.24. The summed E-state index contributed by atoms with van der Waals surface area (Å²) in [5, 5.41) is 0. The van der Waals surface area contributed by atoms with Gasteiger partial charge in [-0.3, -0.25) is 9.69 Å². The van der Waals surface area contributed by atoms with Gasteiger partial charge >= 0.3 is 0 Å². The van der Waals surface area contributed by atoms with Gasteiger partial charge in [-0.05, 0) is 73.2 Å². The predicted molar refractivity (Wildman–Crippen MR) is 100 cm³/mol. The standard InChI is InChI=1S/C22H31NO2/c1-4-5-12-25-17-8-9-18-19(13-17)22(3)10-11-23(14-16-6-7-16)20(15(22)2)21(18)24/h8-9,13,15-16,20H,4-7,10-12,14H2,1-3H3/t15-,20-,22-/m0/s1. The van der Waals surface area contributed by atoms with E-state index >= 15 is 0 Å². The number of carbonyl (C=O) groups is 1. The van der Waals surface area contributed by atoms with Gasteiger partial charge in [0.1, 0.15) is 5.75 Å². The summed E-state index contributed by atoms with van der Waals surface area (Å²) in [6, 6.07) is 6.24. The molecule has 0 spiro atoms. The number of unbranched alkanes of at least 4 members (excludes halogenated alkanes) is 1. The maximum atomic E-state index is 13.3. The molecule has 1 saturated carbocycles. The number of nitrogens with zero attached hydrogens (tertiary/aromatic N) is 1. The zero-order valence-electron chi connectivity index (χ0n) is 15.9. The molecule has 0 amide bonds. The quantitative estimate of drug-likeness (QED) is 0.717. The van der Waals surface area contributed by atoms with Crippen molar-refractivity contribution < 1.29 is 9.53 Å². The van der Waals surface area contributed by atoms with Crippen LogP contribution in [-0.2, 0) is 5.41 Å². The Morgan fingerprint density at radius 2 is 2.12 bits per heavy atom. The summed E-state index contributed by atoms with van der Waals surface area (Å²) in [4.78, 5) is 15.8. The minimum absolute atomic E-state index is 0.0682. The molecule has 0 radical (unpaired) electrons. The van der Waals surface area contributed by atoms with Gasteiger partial charge in [-0.25, -0.2) is 0 Å². The average Bonchev–Trinajstić information content (AvgIpc) is 3.41. The number of fused-ring (bicyclic) bond motifs is 4. The van der Waals surface area contributed by atoms with E-state index in [1.165, 1.54) is 18.4 Å². The van der Waals surface area contributed by atoms with E-state index in [1.54, 1.807) is 0 Å². The highest BCUT2D eigenvalue weighted by atomic mass is 16.5. The first-order chi connectivity index (χ1) is 12.0. The van der Waals surface area contributed by atoms with Crippen LogP contribution in [0.2, 0.25) is 0 Å². The second kappa shape index (κ2) is 6.42. The van der Waals surface area contributed by atoms with Crippen LogP contribution in [0.1, 0.15) is 68.8 Å². The van der Waals surface area contributed by atoms with Crippen molar-refractivity contribution in [3.8, 4) is 5.75 Å². The first kappa shape index (κ1) is 17.1. The smallest absolute Gasteiger partial charge is 0.180 e. The molecule has 3 heteroatoms. The first-order valence-electron chi connectivity index (χ1n) is 10.1. The van der Waals surface area contributed by atoms with Gasteiger partial charge in [-0.2, -0.15) is 0 Å². The molecule has 0 unspecified atom stereocenters. The predicted octanol–water partition coefficient (Wildman–Crippen LogP) is 4.44. The fraction of sp³-hybridized carbons (Fsp3) is 0.682. The Morgan fingerprint density at radius 1 is 1.32 bits per heavy atom. The number of benzene rings is 1. The fourth-order valence-electron chi connectivity index (χ4n) is 4.81. The van der Waals surface area contributed by atoms with Crippen molar-refractivity contribution in [1.82, 2.24) is 4.90 Å². The van der Waals surface area contributed by atoms with Crippen LogP contribution in [0.15, 0.2) is 18.2 Å². The first-order valence-corrected chi connectivity index (χ1v) is 10.1. The normalized spacial score (nSPS) is 31.7. The summed E-state index contributed by atoms with van der Waals surface area (Å²) in [6.45, 7) is 9.74. The third kappa shape index (κ3) is 2.91. The lowest BCUT2D eigenvalue weighted by Gasteiger charge is -2.53. The Hall–Kier alpha value is -1.35. The topological polar surface area (TPSA) is 29.5 Å². The molecule has 4 rings (SSSR count). The summed E-state index contributed by atoms with van der Waals surface area (Å²) in [6.07, 6.45) is 6.03. The van der Waals surface area contributed by atoms with Crippen LogP contribution in [0.5, 0.6) is 5.75 Å². The van der Waals surface area contributed by atoms with E-state index in [1.807, 2.05) is 12.1 Å². The number of Topliss-reactive ketones (excluding diaryl/α,β-unsaturated/α-hetero) is 1. The molecule has 2 fully saturated rings. The van der Waals surface area contributed by atoms with Crippen LogP contribution in [0.25, 0.3) is 0 Å². The largest absolute Gasteiger partial charge is 0.494 e. The SMILES string of the molecule is CCCCOc1ccc2c(c1)[C@@]1(C)CCN(CC3CC3)[C@H](C2=O)[C@@H]1C. The van der Waals surface area contributed by atoms with Crippen molar-refractivity contribution in [3.05, 3.63) is 29.3 Å². The van der Waals surface area contributed by atoms with Crippen molar-refractivity contribution in [2.24, 2.45) is 11.8 Å². The molecule has 1 aromatic carbocycles.